The highest BCUT2D eigenvalue weighted by atomic mass is 32.2. The fraction of sp³-hybridized carbons (Fsp3) is 0.368. The number of sulfone groups is 1. The molecule has 0 fully saturated rings. The fourth-order valence-electron chi connectivity index (χ4n) is 2.84. The number of nitrogens with one attached hydrogen (secondary N) is 1. The van der Waals surface area contributed by atoms with Gasteiger partial charge in [0.25, 0.3) is 10.1 Å². The Balaban J connectivity index is 2.15. The molecule has 0 aromatic heterocycles. The molecule has 12 nitrogen and oxygen atoms in total. The van der Waals surface area contributed by atoms with Crippen molar-refractivity contribution in [1.82, 2.24) is 0 Å². The number of benzene rings is 2. The minimum atomic E-state index is -4.17. The summed E-state index contributed by atoms with van der Waals surface area (Å²) in [7, 11) is -7.78. The number of nitrogens with zero attached hydrogens (tertiary/aromatic N) is 2. The van der Waals surface area contributed by atoms with E-state index in [2.05, 4.69) is 24.9 Å². The molecule has 188 valence electrons. The van der Waals surface area contributed by atoms with Crippen LogP contribution < -0.4 is 5.32 Å². The molecule has 0 saturated carbocycles. The van der Waals surface area contributed by atoms with E-state index in [1.165, 1.54) is 24.3 Å². The van der Waals surface area contributed by atoms with E-state index < -0.39 is 25.8 Å². The summed E-state index contributed by atoms with van der Waals surface area (Å²) in [5.74, 6) is -0.914. The average molecular weight is 536 g/mol. The van der Waals surface area contributed by atoms with Gasteiger partial charge in [0.05, 0.1) is 28.6 Å². The maximum absolute atomic E-state index is 12.3. The normalized spacial score (nSPS) is 12.4. The lowest BCUT2D eigenvalue weighted by Gasteiger charge is -2.13. The van der Waals surface area contributed by atoms with Crippen molar-refractivity contribution in [2.24, 2.45) is 10.2 Å². The molecule has 0 saturated heterocycles. The lowest BCUT2D eigenvalue weighted by molar-refractivity contribution is -0.434. The molecule has 15 heteroatoms. The standard InChI is InChI=1S/C19H25N3O9S3/c1-3-14-12-19(15(4-2)11-18(14)20-13-34(26,27)28)22-21-16-5-7-17(8-6-16)33(24,25)10-9-29-32-31-30-23/h5-8,11-12,20,23H,3-4,9-10,13H2,1-2H3,(H,26,27,28). The van der Waals surface area contributed by atoms with Gasteiger partial charge in [-0.25, -0.2) is 13.7 Å². The average Bonchev–Trinajstić information content (AvgIpc) is 2.80. The molecule has 2 aromatic rings. The second-order valence-corrected chi connectivity index (χ2v) is 10.9. The molecule has 2 rings (SSSR count). The molecule has 0 heterocycles. The maximum atomic E-state index is 12.3. The Labute approximate surface area is 202 Å². The summed E-state index contributed by atoms with van der Waals surface area (Å²) in [6.07, 6.45) is 1.19. The number of anilines is 1. The van der Waals surface area contributed by atoms with Gasteiger partial charge < -0.3 is 5.32 Å². The minimum Gasteiger partial charge on any atom is -0.369 e. The molecular formula is C19H25N3O9S3. The van der Waals surface area contributed by atoms with Gasteiger partial charge in [-0.15, -0.1) is 4.33 Å². The van der Waals surface area contributed by atoms with Gasteiger partial charge in [-0.1, -0.05) is 18.9 Å². The first-order valence-corrected chi connectivity index (χ1v) is 13.9. The monoisotopic (exact) mass is 535 g/mol. The Morgan fingerprint density at radius 1 is 1.00 bits per heavy atom. The van der Waals surface area contributed by atoms with E-state index in [4.69, 9.17) is 14.0 Å². The lowest BCUT2D eigenvalue weighted by Crippen LogP contribution is -2.14. The third-order valence-corrected chi connectivity index (χ3v) is 7.11. The number of azo groups is 1. The zero-order valence-corrected chi connectivity index (χ0v) is 20.8. The second-order valence-electron chi connectivity index (χ2n) is 6.79. The molecule has 3 N–H and O–H groups in total. The van der Waals surface area contributed by atoms with Crippen LogP contribution in [0.15, 0.2) is 51.5 Å². The zero-order valence-electron chi connectivity index (χ0n) is 18.4. The Kier molecular flexibility index (Phi) is 10.8. The lowest BCUT2D eigenvalue weighted by atomic mass is 10.0. The molecule has 34 heavy (non-hydrogen) atoms. The smallest absolute Gasteiger partial charge is 0.283 e. The SMILES string of the molecule is CCc1cc(NCS(=O)(=O)O)c(CC)cc1N=Nc1ccc(S(=O)(=O)CCOSOOO)cc1. The van der Waals surface area contributed by atoms with Gasteiger partial charge in [-0.05, 0) is 60.4 Å². The summed E-state index contributed by atoms with van der Waals surface area (Å²) < 4.78 is 64.5. The molecule has 0 amide bonds. The molecule has 0 aliphatic rings. The highest BCUT2D eigenvalue weighted by Gasteiger charge is 2.15. The van der Waals surface area contributed by atoms with Crippen LogP contribution in [-0.4, -0.2) is 44.9 Å². The quantitative estimate of drug-likeness (QED) is 0.0787. The molecule has 0 aliphatic heterocycles. The van der Waals surface area contributed by atoms with Crippen LogP contribution >= 0.6 is 12.3 Å². The van der Waals surface area contributed by atoms with Gasteiger partial charge in [-0.3, -0.25) is 8.74 Å². The first-order chi connectivity index (χ1) is 16.1. The van der Waals surface area contributed by atoms with E-state index in [1.807, 2.05) is 13.8 Å². The number of hydrogen-bond donors (Lipinski definition) is 3. The highest BCUT2D eigenvalue weighted by molar-refractivity contribution is 7.91. The van der Waals surface area contributed by atoms with E-state index in [0.717, 1.165) is 11.1 Å². The first kappa shape index (κ1) is 28.1. The van der Waals surface area contributed by atoms with E-state index in [1.54, 1.807) is 12.1 Å². The third kappa shape index (κ3) is 8.92. The zero-order chi connectivity index (χ0) is 25.2. The summed E-state index contributed by atoms with van der Waals surface area (Å²) in [4.78, 5) is 0.0798. The van der Waals surface area contributed by atoms with Gasteiger partial charge in [0, 0.05) is 5.69 Å². The molecule has 0 spiro atoms. The van der Waals surface area contributed by atoms with Crippen molar-refractivity contribution in [2.75, 3.05) is 23.6 Å². The van der Waals surface area contributed by atoms with Crippen LogP contribution in [0, 0.1) is 0 Å². The van der Waals surface area contributed by atoms with Gasteiger partial charge >= 0.3 is 0 Å². The van der Waals surface area contributed by atoms with Crippen LogP contribution in [0.25, 0.3) is 0 Å². The molecule has 0 bridgehead atoms. The van der Waals surface area contributed by atoms with Crippen molar-refractivity contribution in [3.63, 3.8) is 0 Å². The van der Waals surface area contributed by atoms with E-state index >= 15 is 0 Å². The van der Waals surface area contributed by atoms with Crippen molar-refractivity contribution >= 4 is 49.3 Å². The van der Waals surface area contributed by atoms with Gasteiger partial charge in [-0.2, -0.15) is 18.6 Å². The molecular weight excluding hydrogens is 510 g/mol. The molecule has 0 unspecified atom stereocenters. The molecule has 0 radical (unpaired) electrons. The summed E-state index contributed by atoms with van der Waals surface area (Å²) >= 11 is 0.300. The Morgan fingerprint density at radius 3 is 2.26 bits per heavy atom. The summed E-state index contributed by atoms with van der Waals surface area (Å²) in [6.45, 7) is 3.63. The number of rotatable bonds is 14. The summed E-state index contributed by atoms with van der Waals surface area (Å²) in [5.41, 5.74) is 3.23. The third-order valence-electron chi connectivity index (χ3n) is 4.52. The largest absolute Gasteiger partial charge is 0.369 e. The van der Waals surface area contributed by atoms with Crippen LogP contribution in [0.2, 0.25) is 0 Å². The van der Waals surface area contributed by atoms with Crippen molar-refractivity contribution in [1.29, 1.82) is 0 Å². The molecule has 2 aromatic carbocycles. The second kappa shape index (κ2) is 13.1. The predicted molar refractivity (Wildman–Crippen MR) is 126 cm³/mol. The minimum absolute atomic E-state index is 0.0798. The Morgan fingerprint density at radius 2 is 1.68 bits per heavy atom. The molecule has 0 aliphatic carbocycles. The first-order valence-electron chi connectivity index (χ1n) is 9.95. The van der Waals surface area contributed by atoms with E-state index in [0.29, 0.717) is 42.2 Å². The summed E-state index contributed by atoms with van der Waals surface area (Å²) in [6, 6.07) is 9.41. The van der Waals surface area contributed by atoms with Crippen LogP contribution in [0.5, 0.6) is 0 Å². The van der Waals surface area contributed by atoms with Gasteiger partial charge in [0.15, 0.2) is 22.2 Å². The highest BCUT2D eigenvalue weighted by Crippen LogP contribution is 2.30. The summed E-state index contributed by atoms with van der Waals surface area (Å²) in [5, 5.41) is 22.5. The van der Waals surface area contributed by atoms with Crippen LogP contribution in [0.3, 0.4) is 0 Å². The van der Waals surface area contributed by atoms with Crippen molar-refractivity contribution in [2.45, 2.75) is 31.6 Å². The van der Waals surface area contributed by atoms with Crippen LogP contribution in [0.4, 0.5) is 17.1 Å². The topological polar surface area (TPSA) is 173 Å². The number of hydrogen-bond acceptors (Lipinski definition) is 12. The van der Waals surface area contributed by atoms with Crippen LogP contribution in [0.1, 0.15) is 25.0 Å². The van der Waals surface area contributed by atoms with E-state index in [9.17, 15) is 16.8 Å². The fourth-order valence-corrected chi connectivity index (χ4v) is 4.59. The Bertz CT molecular complexity index is 1190. The predicted octanol–water partition coefficient (Wildman–Crippen LogP) is 4.26. The maximum Gasteiger partial charge on any atom is 0.283 e. The van der Waals surface area contributed by atoms with Gasteiger partial charge in [0.1, 0.15) is 5.88 Å². The van der Waals surface area contributed by atoms with Crippen LogP contribution in [-0.2, 0) is 46.4 Å². The van der Waals surface area contributed by atoms with Gasteiger partial charge in [0.2, 0.25) is 0 Å². The number of aryl methyl sites for hydroxylation is 2. The van der Waals surface area contributed by atoms with E-state index in [-0.39, 0.29) is 17.3 Å². The van der Waals surface area contributed by atoms with Crippen molar-refractivity contribution < 1.29 is 40.2 Å². The molecule has 0 atom stereocenters. The Hall–Kier alpha value is -2.11. The van der Waals surface area contributed by atoms with Crippen molar-refractivity contribution in [3.8, 4) is 0 Å². The van der Waals surface area contributed by atoms with Crippen molar-refractivity contribution in [3.05, 3.63) is 47.5 Å².